The minimum Gasteiger partial charge on any atom is -0.378 e. The molecule has 22 heavy (non-hydrogen) atoms. The minimum atomic E-state index is 0.0219. The number of carbonyl (C=O) groups excluding carboxylic acids is 1. The van der Waals surface area contributed by atoms with Crippen molar-refractivity contribution in [3.8, 4) is 0 Å². The highest BCUT2D eigenvalue weighted by Gasteiger charge is 2.14. The summed E-state index contributed by atoms with van der Waals surface area (Å²) >= 11 is 1.56. The lowest BCUT2D eigenvalue weighted by molar-refractivity contribution is -0.129. The summed E-state index contributed by atoms with van der Waals surface area (Å²) in [6.07, 6.45) is 4.13. The van der Waals surface area contributed by atoms with Gasteiger partial charge in [-0.25, -0.2) is 4.98 Å². The molecule has 0 fully saturated rings. The number of aromatic amines is 1. The molecule has 7 nitrogen and oxygen atoms in total. The number of hydrogen-bond donors (Lipinski definition) is 1. The molecule has 0 unspecified atom stereocenters. The van der Waals surface area contributed by atoms with Gasteiger partial charge in [0.2, 0.25) is 5.91 Å². The number of aromatic nitrogens is 4. The Morgan fingerprint density at radius 2 is 2.36 bits per heavy atom. The molecule has 0 bridgehead atoms. The highest BCUT2D eigenvalue weighted by molar-refractivity contribution is 7.15. The lowest BCUT2D eigenvalue weighted by Crippen LogP contribution is -2.28. The summed E-state index contributed by atoms with van der Waals surface area (Å²) in [6, 6.07) is 1.90. The number of fused-ring (bicyclic) bond motifs is 1. The van der Waals surface area contributed by atoms with Crippen LogP contribution in [0.1, 0.15) is 17.1 Å². The van der Waals surface area contributed by atoms with Gasteiger partial charge in [-0.3, -0.25) is 14.3 Å². The van der Waals surface area contributed by atoms with E-state index in [0.717, 1.165) is 22.0 Å². The van der Waals surface area contributed by atoms with Crippen molar-refractivity contribution < 1.29 is 9.53 Å². The van der Waals surface area contributed by atoms with Crippen molar-refractivity contribution in [3.63, 3.8) is 0 Å². The van der Waals surface area contributed by atoms with Gasteiger partial charge in [-0.1, -0.05) is 0 Å². The topological polar surface area (TPSA) is 75.5 Å². The van der Waals surface area contributed by atoms with Gasteiger partial charge in [0.15, 0.2) is 4.96 Å². The van der Waals surface area contributed by atoms with E-state index in [2.05, 4.69) is 15.2 Å². The first kappa shape index (κ1) is 14.7. The fraction of sp³-hybridized carbons (Fsp3) is 0.357. The van der Waals surface area contributed by atoms with Crippen molar-refractivity contribution in [1.29, 1.82) is 0 Å². The predicted octanol–water partition coefficient (Wildman–Crippen LogP) is 1.47. The zero-order valence-corrected chi connectivity index (χ0v) is 13.3. The normalized spacial score (nSPS) is 11.2. The molecule has 0 saturated heterocycles. The summed E-state index contributed by atoms with van der Waals surface area (Å²) in [7, 11) is 3.40. The van der Waals surface area contributed by atoms with E-state index in [1.807, 2.05) is 28.2 Å². The first-order chi connectivity index (χ1) is 10.7. The number of carbonyl (C=O) groups is 1. The summed E-state index contributed by atoms with van der Waals surface area (Å²) in [5.74, 6) is 0.0219. The van der Waals surface area contributed by atoms with Crippen LogP contribution >= 0.6 is 11.3 Å². The van der Waals surface area contributed by atoms with Crippen LogP contribution in [0.15, 0.2) is 23.8 Å². The van der Waals surface area contributed by atoms with Gasteiger partial charge in [-0.15, -0.1) is 11.3 Å². The zero-order chi connectivity index (χ0) is 15.5. The van der Waals surface area contributed by atoms with Crippen molar-refractivity contribution in [2.75, 3.05) is 14.2 Å². The lowest BCUT2D eigenvalue weighted by atomic mass is 10.3. The first-order valence-electron chi connectivity index (χ1n) is 6.83. The van der Waals surface area contributed by atoms with Gasteiger partial charge in [0.05, 0.1) is 36.7 Å². The average molecular weight is 319 g/mol. The molecule has 3 heterocycles. The first-order valence-corrected chi connectivity index (χ1v) is 7.71. The largest absolute Gasteiger partial charge is 0.378 e. The highest BCUT2D eigenvalue weighted by Crippen LogP contribution is 2.12. The number of methoxy groups -OCH3 is 1. The summed E-state index contributed by atoms with van der Waals surface area (Å²) < 4.78 is 6.95. The second-order valence-corrected chi connectivity index (χ2v) is 5.94. The van der Waals surface area contributed by atoms with Crippen LogP contribution in [0.5, 0.6) is 0 Å². The molecule has 0 aliphatic rings. The summed E-state index contributed by atoms with van der Waals surface area (Å²) in [5.41, 5.74) is 2.50. The maximum atomic E-state index is 12.3. The van der Waals surface area contributed by atoms with Crippen LogP contribution in [0.2, 0.25) is 0 Å². The molecule has 0 aliphatic carbocycles. The van der Waals surface area contributed by atoms with Crippen LogP contribution in [0.25, 0.3) is 4.96 Å². The summed E-state index contributed by atoms with van der Waals surface area (Å²) in [6.45, 7) is 0.942. The fourth-order valence-corrected chi connectivity index (χ4v) is 2.93. The van der Waals surface area contributed by atoms with E-state index in [1.54, 1.807) is 30.4 Å². The Kier molecular flexibility index (Phi) is 4.21. The van der Waals surface area contributed by atoms with Crippen molar-refractivity contribution >= 4 is 22.2 Å². The number of H-pyrrole nitrogens is 1. The number of amides is 1. The molecule has 3 rings (SSSR count). The molecular formula is C14H17N5O2S. The average Bonchev–Trinajstić information content (AvgIpc) is 3.15. The number of imidazole rings is 1. The van der Waals surface area contributed by atoms with E-state index in [1.165, 1.54) is 0 Å². The van der Waals surface area contributed by atoms with Crippen LogP contribution in [-0.4, -0.2) is 44.5 Å². The molecule has 0 atom stereocenters. The van der Waals surface area contributed by atoms with E-state index in [0.29, 0.717) is 19.6 Å². The quantitative estimate of drug-likeness (QED) is 0.746. The molecule has 0 aromatic carbocycles. The van der Waals surface area contributed by atoms with Gasteiger partial charge in [-0.05, 0) is 6.07 Å². The third kappa shape index (κ3) is 3.18. The predicted molar refractivity (Wildman–Crippen MR) is 82.5 cm³/mol. The maximum Gasteiger partial charge on any atom is 0.228 e. The number of nitrogens with one attached hydrogen (secondary N) is 1. The monoisotopic (exact) mass is 319 g/mol. The fourth-order valence-electron chi connectivity index (χ4n) is 2.21. The Labute approximate surface area is 131 Å². The van der Waals surface area contributed by atoms with Gasteiger partial charge in [0.25, 0.3) is 0 Å². The van der Waals surface area contributed by atoms with Crippen LogP contribution in [-0.2, 0) is 29.1 Å². The molecule has 0 aliphatic heterocycles. The molecule has 0 radical (unpaired) electrons. The van der Waals surface area contributed by atoms with Gasteiger partial charge < -0.3 is 9.64 Å². The molecule has 116 valence electrons. The Hall–Kier alpha value is -2.19. The molecular weight excluding hydrogens is 302 g/mol. The molecule has 1 N–H and O–H groups in total. The number of likely N-dealkylation sites (N-methyl/N-ethyl adjacent to an activating group) is 1. The highest BCUT2D eigenvalue weighted by atomic mass is 32.1. The van der Waals surface area contributed by atoms with E-state index in [9.17, 15) is 4.79 Å². The van der Waals surface area contributed by atoms with Crippen molar-refractivity contribution in [1.82, 2.24) is 24.5 Å². The Bertz CT molecular complexity index is 746. The molecule has 8 heteroatoms. The van der Waals surface area contributed by atoms with Crippen LogP contribution in [0.4, 0.5) is 0 Å². The summed E-state index contributed by atoms with van der Waals surface area (Å²) in [5, 5.41) is 9.01. The number of hydrogen-bond acceptors (Lipinski definition) is 5. The van der Waals surface area contributed by atoms with Crippen LogP contribution in [0, 0.1) is 0 Å². The zero-order valence-electron chi connectivity index (χ0n) is 12.4. The van der Waals surface area contributed by atoms with E-state index < -0.39 is 0 Å². The van der Waals surface area contributed by atoms with Crippen LogP contribution < -0.4 is 0 Å². The third-order valence-corrected chi connectivity index (χ3v) is 4.06. The van der Waals surface area contributed by atoms with Gasteiger partial charge in [-0.2, -0.15) is 5.10 Å². The number of ether oxygens (including phenoxy) is 1. The Balaban J connectivity index is 1.59. The van der Waals surface area contributed by atoms with E-state index in [4.69, 9.17) is 4.74 Å². The van der Waals surface area contributed by atoms with Crippen molar-refractivity contribution in [2.45, 2.75) is 19.6 Å². The SMILES string of the molecule is COCc1cc(CN(C)C(=O)Cc2cn3ccsc3n2)[nH]n1. The standard InChI is InChI=1S/C14H17N5O2S/c1-18(7-11-5-12(9-21-2)17-16-11)13(20)6-10-8-19-3-4-22-14(19)15-10/h3-5,8H,6-7,9H2,1-2H3,(H,16,17). The molecule has 0 saturated carbocycles. The van der Waals surface area contributed by atoms with Gasteiger partial charge >= 0.3 is 0 Å². The van der Waals surface area contributed by atoms with E-state index in [-0.39, 0.29) is 5.91 Å². The second kappa shape index (κ2) is 6.29. The molecule has 3 aromatic heterocycles. The minimum absolute atomic E-state index is 0.0219. The molecule has 0 spiro atoms. The summed E-state index contributed by atoms with van der Waals surface area (Å²) in [4.78, 5) is 19.3. The van der Waals surface area contributed by atoms with Gasteiger partial charge in [0, 0.05) is 31.9 Å². The van der Waals surface area contributed by atoms with Crippen molar-refractivity contribution in [2.24, 2.45) is 0 Å². The number of nitrogens with zero attached hydrogens (tertiary/aromatic N) is 4. The lowest BCUT2D eigenvalue weighted by Gasteiger charge is -2.15. The van der Waals surface area contributed by atoms with Crippen molar-refractivity contribution in [3.05, 3.63) is 40.9 Å². The smallest absolute Gasteiger partial charge is 0.228 e. The van der Waals surface area contributed by atoms with E-state index >= 15 is 0 Å². The Morgan fingerprint density at radius 1 is 1.50 bits per heavy atom. The second-order valence-electron chi connectivity index (χ2n) is 5.07. The third-order valence-electron chi connectivity index (χ3n) is 3.28. The van der Waals surface area contributed by atoms with Gasteiger partial charge in [0.1, 0.15) is 0 Å². The number of thiazole rings is 1. The van der Waals surface area contributed by atoms with Crippen LogP contribution in [0.3, 0.4) is 0 Å². The Morgan fingerprint density at radius 3 is 3.14 bits per heavy atom. The number of rotatable bonds is 6. The molecule has 1 amide bonds. The maximum absolute atomic E-state index is 12.3. The molecule has 3 aromatic rings.